The van der Waals surface area contributed by atoms with Crippen LogP contribution in [0.2, 0.25) is 0 Å². The largest absolute Gasteiger partial charge is 0.458 e. The van der Waals surface area contributed by atoms with E-state index in [1.807, 2.05) is 30.9 Å². The van der Waals surface area contributed by atoms with Crippen LogP contribution >= 0.6 is 0 Å². The van der Waals surface area contributed by atoms with Crippen molar-refractivity contribution in [2.24, 2.45) is 0 Å². The molecule has 0 aliphatic carbocycles. The molecule has 5 nitrogen and oxygen atoms in total. The van der Waals surface area contributed by atoms with Crippen molar-refractivity contribution in [1.82, 2.24) is 14.9 Å². The second-order valence-corrected chi connectivity index (χ2v) is 6.74. The van der Waals surface area contributed by atoms with Gasteiger partial charge in [-0.1, -0.05) is 24.1 Å². The molecule has 1 saturated heterocycles. The predicted octanol–water partition coefficient (Wildman–Crippen LogP) is 3.34. The van der Waals surface area contributed by atoms with E-state index in [1.165, 1.54) is 0 Å². The fourth-order valence-electron chi connectivity index (χ4n) is 3.24. The minimum absolute atomic E-state index is 0.0592. The smallest absolute Gasteiger partial charge is 0.316 e. The standard InChI is InChI=1S/C20H25N3O2/c1-4-16-11-21-20(22-12-16)25-18-6-5-7-23(13-18)19(24)17-9-14(2)8-15(3)10-17/h8-12,18H,4-7,13H2,1-3H3. The number of hydrogen-bond acceptors (Lipinski definition) is 4. The lowest BCUT2D eigenvalue weighted by Gasteiger charge is -2.32. The molecule has 2 aromatic rings. The van der Waals surface area contributed by atoms with Crippen LogP contribution in [0.1, 0.15) is 46.8 Å². The zero-order valence-electron chi connectivity index (χ0n) is 15.2. The van der Waals surface area contributed by atoms with Gasteiger partial charge in [0.25, 0.3) is 5.91 Å². The Bertz CT molecular complexity index is 723. The quantitative estimate of drug-likeness (QED) is 0.857. The zero-order valence-corrected chi connectivity index (χ0v) is 15.2. The summed E-state index contributed by atoms with van der Waals surface area (Å²) in [5.41, 5.74) is 4.06. The summed E-state index contributed by atoms with van der Waals surface area (Å²) in [6.45, 7) is 7.44. The molecule has 1 atom stereocenters. The van der Waals surface area contributed by atoms with Crippen LogP contribution in [0.5, 0.6) is 6.01 Å². The van der Waals surface area contributed by atoms with Crippen molar-refractivity contribution in [3.05, 3.63) is 52.8 Å². The third-order valence-electron chi connectivity index (χ3n) is 4.50. The number of carbonyl (C=O) groups is 1. The molecule has 1 aliphatic heterocycles. The lowest BCUT2D eigenvalue weighted by atomic mass is 10.0. The summed E-state index contributed by atoms with van der Waals surface area (Å²) < 4.78 is 5.90. The maximum Gasteiger partial charge on any atom is 0.316 e. The van der Waals surface area contributed by atoms with E-state index in [2.05, 4.69) is 23.0 Å². The Morgan fingerprint density at radius 2 is 1.88 bits per heavy atom. The van der Waals surface area contributed by atoms with Gasteiger partial charge in [-0.05, 0) is 50.8 Å². The second-order valence-electron chi connectivity index (χ2n) is 6.74. The van der Waals surface area contributed by atoms with Gasteiger partial charge in [0.05, 0.1) is 6.54 Å². The average molecular weight is 339 g/mol. The van der Waals surface area contributed by atoms with Crippen LogP contribution in [0.15, 0.2) is 30.6 Å². The van der Waals surface area contributed by atoms with Crippen molar-refractivity contribution in [3.63, 3.8) is 0 Å². The molecule has 1 fully saturated rings. The number of aromatic nitrogens is 2. The summed E-state index contributed by atoms with van der Waals surface area (Å²) in [6, 6.07) is 6.37. The predicted molar refractivity (Wildman–Crippen MR) is 96.9 cm³/mol. The molecule has 1 aliphatic rings. The van der Waals surface area contributed by atoms with Crippen molar-refractivity contribution in [1.29, 1.82) is 0 Å². The Kier molecular flexibility index (Phi) is 5.31. The number of carbonyl (C=O) groups excluding carboxylic acids is 1. The highest BCUT2D eigenvalue weighted by molar-refractivity contribution is 5.94. The average Bonchev–Trinajstić information content (AvgIpc) is 2.61. The summed E-state index contributed by atoms with van der Waals surface area (Å²) in [5, 5.41) is 0. The number of piperidine rings is 1. The molecule has 2 heterocycles. The van der Waals surface area contributed by atoms with E-state index in [0.717, 1.165) is 48.1 Å². The maximum absolute atomic E-state index is 12.8. The lowest BCUT2D eigenvalue weighted by Crippen LogP contribution is -2.44. The van der Waals surface area contributed by atoms with Gasteiger partial charge in [0, 0.05) is 24.5 Å². The Balaban J connectivity index is 1.66. The van der Waals surface area contributed by atoms with E-state index >= 15 is 0 Å². The van der Waals surface area contributed by atoms with Crippen molar-refractivity contribution < 1.29 is 9.53 Å². The Morgan fingerprint density at radius 1 is 1.20 bits per heavy atom. The third kappa shape index (κ3) is 4.35. The highest BCUT2D eigenvalue weighted by atomic mass is 16.5. The van der Waals surface area contributed by atoms with Crippen LogP contribution in [0.4, 0.5) is 0 Å². The van der Waals surface area contributed by atoms with Gasteiger partial charge in [-0.2, -0.15) is 0 Å². The molecular weight excluding hydrogens is 314 g/mol. The highest BCUT2D eigenvalue weighted by Crippen LogP contribution is 2.19. The van der Waals surface area contributed by atoms with Crippen molar-refractivity contribution in [3.8, 4) is 6.01 Å². The van der Waals surface area contributed by atoms with Crippen molar-refractivity contribution in [2.45, 2.75) is 46.1 Å². The van der Waals surface area contributed by atoms with Crippen LogP contribution in [-0.2, 0) is 6.42 Å². The van der Waals surface area contributed by atoms with E-state index in [9.17, 15) is 4.79 Å². The first-order chi connectivity index (χ1) is 12.0. The molecule has 5 heteroatoms. The number of aryl methyl sites for hydroxylation is 3. The van der Waals surface area contributed by atoms with Crippen molar-refractivity contribution >= 4 is 5.91 Å². The number of nitrogens with zero attached hydrogens (tertiary/aromatic N) is 3. The number of likely N-dealkylation sites (tertiary alicyclic amines) is 1. The topological polar surface area (TPSA) is 55.3 Å². The molecule has 1 amide bonds. The Hall–Kier alpha value is -2.43. The van der Waals surface area contributed by atoms with Gasteiger partial charge < -0.3 is 9.64 Å². The molecule has 1 aromatic carbocycles. The first-order valence-electron chi connectivity index (χ1n) is 8.90. The Labute approximate surface area is 149 Å². The number of benzene rings is 1. The SMILES string of the molecule is CCc1cnc(OC2CCCN(C(=O)c3cc(C)cc(C)c3)C2)nc1. The molecule has 0 radical (unpaired) electrons. The normalized spacial score (nSPS) is 17.4. The molecule has 1 aromatic heterocycles. The lowest BCUT2D eigenvalue weighted by molar-refractivity contribution is 0.0515. The molecule has 0 N–H and O–H groups in total. The summed E-state index contributed by atoms with van der Waals surface area (Å²) in [6.07, 6.45) is 6.27. The minimum Gasteiger partial charge on any atom is -0.458 e. The highest BCUT2D eigenvalue weighted by Gasteiger charge is 2.26. The molecule has 0 spiro atoms. The summed E-state index contributed by atoms with van der Waals surface area (Å²) in [5.74, 6) is 0.0716. The summed E-state index contributed by atoms with van der Waals surface area (Å²) >= 11 is 0. The van der Waals surface area contributed by atoms with Crippen molar-refractivity contribution in [2.75, 3.05) is 13.1 Å². The molecule has 25 heavy (non-hydrogen) atoms. The minimum atomic E-state index is -0.0592. The first-order valence-corrected chi connectivity index (χ1v) is 8.90. The number of amides is 1. The first kappa shape index (κ1) is 17.4. The van der Waals surface area contributed by atoms with Crippen LogP contribution in [0.3, 0.4) is 0 Å². The van der Waals surface area contributed by atoms with Gasteiger partial charge in [-0.15, -0.1) is 0 Å². The molecular formula is C20H25N3O2. The number of ether oxygens (including phenoxy) is 1. The van der Waals surface area contributed by atoms with Gasteiger partial charge in [0.1, 0.15) is 6.10 Å². The van der Waals surface area contributed by atoms with E-state index in [1.54, 1.807) is 12.4 Å². The molecule has 0 saturated carbocycles. The van der Waals surface area contributed by atoms with Gasteiger partial charge in [-0.25, -0.2) is 9.97 Å². The van der Waals surface area contributed by atoms with Gasteiger partial charge in [0.2, 0.25) is 0 Å². The van der Waals surface area contributed by atoms with E-state index < -0.39 is 0 Å². The fraction of sp³-hybridized carbons (Fsp3) is 0.450. The molecule has 1 unspecified atom stereocenters. The van der Waals surface area contributed by atoms with Crippen LogP contribution in [0.25, 0.3) is 0 Å². The monoisotopic (exact) mass is 339 g/mol. The molecule has 3 rings (SSSR count). The Morgan fingerprint density at radius 3 is 2.52 bits per heavy atom. The number of hydrogen-bond donors (Lipinski definition) is 0. The summed E-state index contributed by atoms with van der Waals surface area (Å²) in [4.78, 5) is 23.2. The zero-order chi connectivity index (χ0) is 17.8. The molecule has 132 valence electrons. The van der Waals surface area contributed by atoms with Gasteiger partial charge >= 0.3 is 6.01 Å². The van der Waals surface area contributed by atoms with Gasteiger partial charge in [0.15, 0.2) is 0 Å². The molecule has 0 bridgehead atoms. The van der Waals surface area contributed by atoms with E-state index in [0.29, 0.717) is 12.6 Å². The summed E-state index contributed by atoms with van der Waals surface area (Å²) in [7, 11) is 0. The maximum atomic E-state index is 12.8. The van der Waals surface area contributed by atoms with E-state index in [-0.39, 0.29) is 12.0 Å². The van der Waals surface area contributed by atoms with Crippen LogP contribution < -0.4 is 4.74 Å². The van der Waals surface area contributed by atoms with Gasteiger partial charge in [-0.3, -0.25) is 4.79 Å². The van der Waals surface area contributed by atoms with E-state index in [4.69, 9.17) is 4.74 Å². The third-order valence-corrected chi connectivity index (χ3v) is 4.50. The second kappa shape index (κ2) is 7.64. The number of rotatable bonds is 4. The fourth-order valence-corrected chi connectivity index (χ4v) is 3.24. The van der Waals surface area contributed by atoms with Crippen LogP contribution in [0, 0.1) is 13.8 Å². The van der Waals surface area contributed by atoms with Crippen LogP contribution in [-0.4, -0.2) is 40.0 Å².